The molecule has 1 aromatic carbocycles. The number of hydrogen-bond donors (Lipinski definition) is 1. The first-order chi connectivity index (χ1) is 9.38. The van der Waals surface area contributed by atoms with Crippen LogP contribution in [0.5, 0.6) is 5.75 Å². The molecule has 5 nitrogen and oxygen atoms in total. The molecule has 0 saturated heterocycles. The normalized spacial score (nSPS) is 10.8. The second kappa shape index (κ2) is 5.50. The number of aromatic nitrogens is 2. The van der Waals surface area contributed by atoms with Crippen LogP contribution >= 0.6 is 11.6 Å². The highest BCUT2D eigenvalue weighted by Gasteiger charge is 2.13. The number of halogens is 2. The Kier molecular flexibility index (Phi) is 3.94. The summed E-state index contributed by atoms with van der Waals surface area (Å²) in [5.41, 5.74) is -1.35. The maximum absolute atomic E-state index is 13.9. The molecule has 1 aromatic heterocycles. The molecule has 106 valence electrons. The summed E-state index contributed by atoms with van der Waals surface area (Å²) in [5, 5.41) is 0.109. The minimum Gasteiger partial charge on any atom is -0.489 e. The lowest BCUT2D eigenvalue weighted by Crippen LogP contribution is -2.28. The molecule has 0 atom stereocenters. The van der Waals surface area contributed by atoms with Gasteiger partial charge in [0.1, 0.15) is 11.6 Å². The van der Waals surface area contributed by atoms with Crippen LogP contribution in [-0.2, 0) is 0 Å². The van der Waals surface area contributed by atoms with Gasteiger partial charge in [-0.15, -0.1) is 0 Å². The Labute approximate surface area is 118 Å². The number of aromatic amines is 1. The quantitative estimate of drug-likeness (QED) is 0.944. The number of nitrogens with one attached hydrogen (secondary N) is 1. The highest BCUT2D eigenvalue weighted by Crippen LogP contribution is 2.29. The van der Waals surface area contributed by atoms with Crippen molar-refractivity contribution in [1.29, 1.82) is 0 Å². The van der Waals surface area contributed by atoms with Crippen molar-refractivity contribution in [3.8, 4) is 11.4 Å². The van der Waals surface area contributed by atoms with Crippen molar-refractivity contribution >= 4 is 11.6 Å². The van der Waals surface area contributed by atoms with Gasteiger partial charge in [-0.05, 0) is 19.9 Å². The molecular weight excluding hydrogens is 287 g/mol. The summed E-state index contributed by atoms with van der Waals surface area (Å²) in [4.78, 5) is 24.7. The number of ether oxygens (including phenoxy) is 1. The molecule has 0 amide bonds. The average Bonchev–Trinajstić information content (AvgIpc) is 2.33. The molecule has 20 heavy (non-hydrogen) atoms. The van der Waals surface area contributed by atoms with E-state index in [1.54, 1.807) is 13.8 Å². The van der Waals surface area contributed by atoms with Gasteiger partial charge in [0.2, 0.25) is 0 Å². The third-order valence-electron chi connectivity index (χ3n) is 2.45. The number of H-pyrrole nitrogens is 1. The Morgan fingerprint density at radius 1 is 1.35 bits per heavy atom. The Hall–Kier alpha value is -2.08. The zero-order chi connectivity index (χ0) is 14.9. The van der Waals surface area contributed by atoms with Crippen molar-refractivity contribution in [3.05, 3.63) is 56.1 Å². The van der Waals surface area contributed by atoms with E-state index in [1.807, 2.05) is 0 Å². The van der Waals surface area contributed by atoms with Crippen molar-refractivity contribution < 1.29 is 9.13 Å². The van der Waals surface area contributed by atoms with E-state index in [2.05, 4.69) is 4.98 Å². The molecule has 7 heteroatoms. The molecule has 0 aliphatic carbocycles. The Balaban J connectivity index is 2.61. The first kappa shape index (κ1) is 14.3. The maximum Gasteiger partial charge on any atom is 0.333 e. The molecule has 1 heterocycles. The molecule has 0 radical (unpaired) electrons. The minimum atomic E-state index is -0.741. The molecule has 0 spiro atoms. The monoisotopic (exact) mass is 298 g/mol. The van der Waals surface area contributed by atoms with E-state index in [0.717, 1.165) is 16.7 Å². The minimum absolute atomic E-state index is 0.0497. The van der Waals surface area contributed by atoms with Crippen molar-refractivity contribution in [1.82, 2.24) is 9.55 Å². The van der Waals surface area contributed by atoms with Gasteiger partial charge < -0.3 is 4.74 Å². The van der Waals surface area contributed by atoms with Crippen LogP contribution in [0.15, 0.2) is 34.0 Å². The van der Waals surface area contributed by atoms with Crippen molar-refractivity contribution in [2.24, 2.45) is 0 Å². The highest BCUT2D eigenvalue weighted by molar-refractivity contribution is 6.32. The number of nitrogens with zero attached hydrogens (tertiary/aromatic N) is 1. The predicted molar refractivity (Wildman–Crippen MR) is 73.4 cm³/mol. The van der Waals surface area contributed by atoms with Crippen LogP contribution < -0.4 is 16.0 Å². The summed E-state index contributed by atoms with van der Waals surface area (Å²) in [6.07, 6.45) is 1.03. The number of rotatable bonds is 3. The van der Waals surface area contributed by atoms with Gasteiger partial charge in [0.15, 0.2) is 0 Å². The van der Waals surface area contributed by atoms with E-state index in [-0.39, 0.29) is 22.6 Å². The summed E-state index contributed by atoms with van der Waals surface area (Å²) in [7, 11) is 0. The van der Waals surface area contributed by atoms with Crippen LogP contribution in [0.4, 0.5) is 4.39 Å². The third kappa shape index (κ3) is 2.91. The van der Waals surface area contributed by atoms with Crippen LogP contribution in [0.2, 0.25) is 5.02 Å². The molecule has 2 rings (SSSR count). The van der Waals surface area contributed by atoms with E-state index < -0.39 is 17.1 Å². The molecule has 0 saturated carbocycles. The second-order valence-corrected chi connectivity index (χ2v) is 4.79. The molecule has 1 N–H and O–H groups in total. The van der Waals surface area contributed by atoms with Crippen LogP contribution in [0.3, 0.4) is 0 Å². The predicted octanol–water partition coefficient (Wildman–Crippen LogP) is 2.11. The zero-order valence-corrected chi connectivity index (χ0v) is 11.6. The van der Waals surface area contributed by atoms with Gasteiger partial charge in [0.25, 0.3) is 5.56 Å². The molecule has 2 aromatic rings. The molecule has 0 bridgehead atoms. The molecule has 0 fully saturated rings. The molecular formula is C13H12ClFN2O3. The fourth-order valence-electron chi connectivity index (χ4n) is 1.65. The maximum atomic E-state index is 13.9. The number of benzene rings is 1. The lowest BCUT2D eigenvalue weighted by molar-refractivity contribution is 0.242. The average molecular weight is 299 g/mol. The summed E-state index contributed by atoms with van der Waals surface area (Å²) < 4.78 is 20.4. The lowest BCUT2D eigenvalue weighted by Gasteiger charge is -2.14. The van der Waals surface area contributed by atoms with Crippen LogP contribution in [0.25, 0.3) is 5.69 Å². The van der Waals surface area contributed by atoms with Gasteiger partial charge in [-0.25, -0.2) is 9.18 Å². The Morgan fingerprint density at radius 2 is 2.05 bits per heavy atom. The standard InChI is InChI=1S/C13H12ClFN2O3/c1-7(2)20-11-6-10(9(15)5-8(11)14)17-4-3-12(18)16-13(17)19/h3-7H,1-2H3,(H,16,18,19). The van der Waals surface area contributed by atoms with Gasteiger partial charge in [0.05, 0.1) is 16.8 Å². The van der Waals surface area contributed by atoms with E-state index in [9.17, 15) is 14.0 Å². The number of hydrogen-bond acceptors (Lipinski definition) is 3. The third-order valence-corrected chi connectivity index (χ3v) is 2.74. The van der Waals surface area contributed by atoms with E-state index in [0.29, 0.717) is 0 Å². The van der Waals surface area contributed by atoms with E-state index in [4.69, 9.17) is 16.3 Å². The van der Waals surface area contributed by atoms with Crippen molar-refractivity contribution in [3.63, 3.8) is 0 Å². The Bertz CT molecular complexity index is 752. The second-order valence-electron chi connectivity index (χ2n) is 4.38. The van der Waals surface area contributed by atoms with Gasteiger partial charge in [0, 0.05) is 18.3 Å². The van der Waals surface area contributed by atoms with Gasteiger partial charge in [-0.3, -0.25) is 14.3 Å². The SMILES string of the molecule is CC(C)Oc1cc(-n2ccc(=O)[nH]c2=O)c(F)cc1Cl. The van der Waals surface area contributed by atoms with Gasteiger partial charge in [-0.2, -0.15) is 0 Å². The summed E-state index contributed by atoms with van der Waals surface area (Å²) in [5.74, 6) is -0.434. The fraction of sp³-hybridized carbons (Fsp3) is 0.231. The van der Waals surface area contributed by atoms with Crippen molar-refractivity contribution in [2.45, 2.75) is 20.0 Å². The first-order valence-corrected chi connectivity index (χ1v) is 6.24. The fourth-order valence-corrected chi connectivity index (χ4v) is 1.85. The highest BCUT2D eigenvalue weighted by atomic mass is 35.5. The van der Waals surface area contributed by atoms with Crippen LogP contribution in [-0.4, -0.2) is 15.7 Å². The zero-order valence-electron chi connectivity index (χ0n) is 10.8. The molecule has 0 aliphatic rings. The summed E-state index contributed by atoms with van der Waals surface area (Å²) >= 11 is 5.89. The molecule has 0 aliphatic heterocycles. The van der Waals surface area contributed by atoms with Gasteiger partial charge >= 0.3 is 5.69 Å². The molecule has 0 unspecified atom stereocenters. The van der Waals surface area contributed by atoms with E-state index in [1.165, 1.54) is 12.3 Å². The van der Waals surface area contributed by atoms with Crippen molar-refractivity contribution in [2.75, 3.05) is 0 Å². The lowest BCUT2D eigenvalue weighted by atomic mass is 10.2. The van der Waals surface area contributed by atoms with Gasteiger partial charge in [-0.1, -0.05) is 11.6 Å². The summed E-state index contributed by atoms with van der Waals surface area (Å²) in [6.45, 7) is 3.59. The van der Waals surface area contributed by atoms with E-state index >= 15 is 0 Å². The largest absolute Gasteiger partial charge is 0.489 e. The Morgan fingerprint density at radius 3 is 2.65 bits per heavy atom. The summed E-state index contributed by atoms with van der Waals surface area (Å²) in [6, 6.07) is 3.50. The van der Waals surface area contributed by atoms with Crippen LogP contribution in [0.1, 0.15) is 13.8 Å². The van der Waals surface area contributed by atoms with Crippen LogP contribution in [0, 0.1) is 5.82 Å². The topological polar surface area (TPSA) is 64.1 Å². The smallest absolute Gasteiger partial charge is 0.333 e. The first-order valence-electron chi connectivity index (χ1n) is 5.86.